The molecular formula is C12H14FN3. The van der Waals surface area contributed by atoms with E-state index >= 15 is 0 Å². The van der Waals surface area contributed by atoms with Crippen molar-refractivity contribution < 1.29 is 4.39 Å². The monoisotopic (exact) mass is 219 g/mol. The third kappa shape index (κ3) is 1.96. The molecule has 0 aliphatic rings. The quantitative estimate of drug-likeness (QED) is 0.801. The van der Waals surface area contributed by atoms with Crippen LogP contribution in [0.25, 0.3) is 11.1 Å². The molecule has 0 saturated heterocycles. The van der Waals surface area contributed by atoms with E-state index in [0.29, 0.717) is 5.69 Å². The predicted octanol–water partition coefficient (Wildman–Crippen LogP) is 2.91. The molecule has 2 heterocycles. The zero-order chi connectivity index (χ0) is 11.8. The van der Waals surface area contributed by atoms with Gasteiger partial charge in [0.1, 0.15) is 5.82 Å². The van der Waals surface area contributed by atoms with E-state index in [-0.39, 0.29) is 11.2 Å². The molecule has 0 aliphatic carbocycles. The fourth-order valence-electron chi connectivity index (χ4n) is 1.56. The summed E-state index contributed by atoms with van der Waals surface area (Å²) >= 11 is 0. The third-order valence-electron chi connectivity index (χ3n) is 2.38. The molecule has 0 amide bonds. The Labute approximate surface area is 93.7 Å². The van der Waals surface area contributed by atoms with Gasteiger partial charge in [0, 0.05) is 28.9 Å². The second-order valence-electron chi connectivity index (χ2n) is 4.79. The van der Waals surface area contributed by atoms with Gasteiger partial charge in [-0.3, -0.25) is 10.1 Å². The van der Waals surface area contributed by atoms with Gasteiger partial charge in [-0.25, -0.2) is 4.39 Å². The molecule has 0 radical (unpaired) electrons. The minimum absolute atomic E-state index is 0.272. The van der Waals surface area contributed by atoms with Gasteiger partial charge in [0.25, 0.3) is 0 Å². The van der Waals surface area contributed by atoms with Crippen LogP contribution in [0, 0.1) is 5.82 Å². The van der Waals surface area contributed by atoms with E-state index < -0.39 is 0 Å². The summed E-state index contributed by atoms with van der Waals surface area (Å²) in [4.78, 5) is 4.19. The highest BCUT2D eigenvalue weighted by Gasteiger charge is 2.20. The molecule has 0 spiro atoms. The van der Waals surface area contributed by atoms with Gasteiger partial charge >= 0.3 is 0 Å². The Kier molecular flexibility index (Phi) is 2.50. The maximum Gasteiger partial charge on any atom is 0.145 e. The molecular weight excluding hydrogens is 205 g/mol. The molecule has 2 rings (SSSR count). The molecule has 4 heteroatoms. The van der Waals surface area contributed by atoms with Crippen LogP contribution in [0.1, 0.15) is 26.5 Å². The van der Waals surface area contributed by atoms with Crippen molar-refractivity contribution in [2.45, 2.75) is 26.2 Å². The van der Waals surface area contributed by atoms with Crippen LogP contribution in [0.2, 0.25) is 0 Å². The standard InChI is InChI=1S/C12H14FN3/c1-12(2,3)11-10(13)4-8(5-14-11)9-6-15-16-7-9/h4-7H,1-3H3,(H,15,16). The lowest BCUT2D eigenvalue weighted by atomic mass is 9.91. The maximum atomic E-state index is 13.8. The van der Waals surface area contributed by atoms with Crippen molar-refractivity contribution in [3.05, 3.63) is 36.2 Å². The second kappa shape index (κ2) is 3.70. The van der Waals surface area contributed by atoms with Crippen molar-refractivity contribution >= 4 is 0 Å². The van der Waals surface area contributed by atoms with Crippen molar-refractivity contribution in [3.8, 4) is 11.1 Å². The summed E-state index contributed by atoms with van der Waals surface area (Å²) in [7, 11) is 0. The highest BCUT2D eigenvalue weighted by Crippen LogP contribution is 2.26. The highest BCUT2D eigenvalue weighted by molar-refractivity contribution is 5.60. The van der Waals surface area contributed by atoms with Crippen LogP contribution < -0.4 is 0 Å². The minimum atomic E-state index is -0.279. The Bertz CT molecular complexity index is 483. The molecule has 0 aliphatic heterocycles. The number of hydrogen-bond donors (Lipinski definition) is 1. The summed E-state index contributed by atoms with van der Waals surface area (Å²) in [5.74, 6) is -0.272. The largest absolute Gasteiger partial charge is 0.285 e. The molecule has 84 valence electrons. The molecule has 0 saturated carbocycles. The van der Waals surface area contributed by atoms with Gasteiger partial charge in [0.15, 0.2) is 0 Å². The molecule has 16 heavy (non-hydrogen) atoms. The number of hydrogen-bond acceptors (Lipinski definition) is 2. The summed E-state index contributed by atoms with van der Waals surface area (Å²) in [6, 6.07) is 1.50. The van der Waals surface area contributed by atoms with Crippen LogP contribution in [0.15, 0.2) is 24.7 Å². The molecule has 3 nitrogen and oxygen atoms in total. The van der Waals surface area contributed by atoms with Gasteiger partial charge in [-0.05, 0) is 6.07 Å². The Hall–Kier alpha value is -1.71. The van der Waals surface area contributed by atoms with Crippen LogP contribution >= 0.6 is 0 Å². The zero-order valence-electron chi connectivity index (χ0n) is 9.58. The SMILES string of the molecule is CC(C)(C)c1ncc(-c2cn[nH]c2)cc1F. The molecule has 0 bridgehead atoms. The fraction of sp³-hybridized carbons (Fsp3) is 0.333. The normalized spacial score (nSPS) is 11.8. The first-order chi connectivity index (χ1) is 7.48. The predicted molar refractivity (Wildman–Crippen MR) is 60.5 cm³/mol. The van der Waals surface area contributed by atoms with Crippen LogP contribution in [-0.2, 0) is 5.41 Å². The lowest BCUT2D eigenvalue weighted by molar-refractivity contribution is 0.503. The number of aromatic nitrogens is 3. The van der Waals surface area contributed by atoms with E-state index in [2.05, 4.69) is 15.2 Å². The third-order valence-corrected chi connectivity index (χ3v) is 2.38. The summed E-state index contributed by atoms with van der Waals surface area (Å²) in [6.45, 7) is 5.82. The Morgan fingerprint density at radius 2 is 1.94 bits per heavy atom. The van der Waals surface area contributed by atoms with Crippen LogP contribution in [0.3, 0.4) is 0 Å². The molecule has 1 N–H and O–H groups in total. The highest BCUT2D eigenvalue weighted by atomic mass is 19.1. The Balaban J connectivity index is 2.45. The van der Waals surface area contributed by atoms with Gasteiger partial charge in [0.2, 0.25) is 0 Å². The smallest absolute Gasteiger partial charge is 0.145 e. The van der Waals surface area contributed by atoms with E-state index in [0.717, 1.165) is 11.1 Å². The first-order valence-electron chi connectivity index (χ1n) is 5.13. The van der Waals surface area contributed by atoms with Crippen LogP contribution in [-0.4, -0.2) is 15.2 Å². The lowest BCUT2D eigenvalue weighted by Crippen LogP contribution is -2.15. The van der Waals surface area contributed by atoms with E-state index in [1.54, 1.807) is 18.6 Å². The van der Waals surface area contributed by atoms with Crippen molar-refractivity contribution in [3.63, 3.8) is 0 Å². The van der Waals surface area contributed by atoms with Crippen molar-refractivity contribution in [1.29, 1.82) is 0 Å². The van der Waals surface area contributed by atoms with Gasteiger partial charge in [-0.1, -0.05) is 20.8 Å². The zero-order valence-corrected chi connectivity index (χ0v) is 9.58. The molecule has 0 aromatic carbocycles. The summed E-state index contributed by atoms with van der Waals surface area (Å²) in [5, 5.41) is 6.52. The van der Waals surface area contributed by atoms with E-state index in [1.807, 2.05) is 20.8 Å². The summed E-state index contributed by atoms with van der Waals surface area (Å²) < 4.78 is 13.8. The van der Waals surface area contributed by atoms with E-state index in [1.165, 1.54) is 6.07 Å². The van der Waals surface area contributed by atoms with Gasteiger partial charge in [0.05, 0.1) is 11.9 Å². The summed E-state index contributed by atoms with van der Waals surface area (Å²) in [5.41, 5.74) is 1.78. The summed E-state index contributed by atoms with van der Waals surface area (Å²) in [6.07, 6.45) is 5.04. The molecule has 0 fully saturated rings. The lowest BCUT2D eigenvalue weighted by Gasteiger charge is -2.18. The maximum absolute atomic E-state index is 13.8. The number of halogens is 1. The first kappa shape index (κ1) is 10.8. The van der Waals surface area contributed by atoms with Crippen LogP contribution in [0.4, 0.5) is 4.39 Å². The molecule has 2 aromatic heterocycles. The molecule has 0 unspecified atom stereocenters. The second-order valence-corrected chi connectivity index (χ2v) is 4.79. The number of nitrogens with zero attached hydrogens (tertiary/aromatic N) is 2. The van der Waals surface area contributed by atoms with E-state index in [4.69, 9.17) is 0 Å². The van der Waals surface area contributed by atoms with Crippen molar-refractivity contribution in [2.75, 3.05) is 0 Å². The van der Waals surface area contributed by atoms with Crippen LogP contribution in [0.5, 0.6) is 0 Å². The molecule has 2 aromatic rings. The number of aromatic amines is 1. The fourth-order valence-corrected chi connectivity index (χ4v) is 1.56. The Morgan fingerprint density at radius 1 is 1.19 bits per heavy atom. The van der Waals surface area contributed by atoms with Gasteiger partial charge < -0.3 is 0 Å². The van der Waals surface area contributed by atoms with Crippen molar-refractivity contribution in [2.24, 2.45) is 0 Å². The van der Waals surface area contributed by atoms with Crippen molar-refractivity contribution in [1.82, 2.24) is 15.2 Å². The first-order valence-corrected chi connectivity index (χ1v) is 5.13. The number of pyridine rings is 1. The average Bonchev–Trinajstić information content (AvgIpc) is 2.68. The topological polar surface area (TPSA) is 41.6 Å². The van der Waals surface area contributed by atoms with E-state index in [9.17, 15) is 4.39 Å². The molecule has 0 atom stereocenters. The number of H-pyrrole nitrogens is 1. The number of nitrogens with one attached hydrogen (secondary N) is 1. The Morgan fingerprint density at radius 3 is 2.44 bits per heavy atom. The minimum Gasteiger partial charge on any atom is -0.285 e. The van der Waals surface area contributed by atoms with Gasteiger partial charge in [-0.2, -0.15) is 5.10 Å². The van der Waals surface area contributed by atoms with Gasteiger partial charge in [-0.15, -0.1) is 0 Å². The average molecular weight is 219 g/mol. The number of rotatable bonds is 1.